The maximum Gasteiger partial charge on any atom is 0.0899 e. The lowest BCUT2D eigenvalue weighted by molar-refractivity contribution is 0.683. The third-order valence-corrected chi connectivity index (χ3v) is 6.18. The van der Waals surface area contributed by atoms with Crippen LogP contribution in [-0.2, 0) is 10.8 Å². The van der Waals surface area contributed by atoms with E-state index < -0.39 is 10.8 Å². The second kappa shape index (κ2) is 7.25. The molecule has 4 heteroatoms. The summed E-state index contributed by atoms with van der Waals surface area (Å²) in [6.07, 6.45) is 4.59. The molecule has 0 spiro atoms. The Kier molecular flexibility index (Phi) is 7.64. The first-order valence-electron chi connectivity index (χ1n) is 3.43. The highest BCUT2D eigenvalue weighted by molar-refractivity contribution is 8.78. The van der Waals surface area contributed by atoms with Gasteiger partial charge in [-0.3, -0.25) is 4.21 Å². The van der Waals surface area contributed by atoms with E-state index in [-0.39, 0.29) is 4.58 Å². The van der Waals surface area contributed by atoms with Gasteiger partial charge in [0.25, 0.3) is 0 Å². The van der Waals surface area contributed by atoms with Crippen molar-refractivity contribution in [3.63, 3.8) is 0 Å². The van der Waals surface area contributed by atoms with Gasteiger partial charge in [-0.1, -0.05) is 34.6 Å². The Labute approximate surface area is 79.3 Å². The number of hydrogen-bond donors (Lipinski definition) is 0. The monoisotopic (exact) mass is 210 g/mol. The van der Waals surface area contributed by atoms with E-state index in [4.69, 9.17) is 0 Å². The fourth-order valence-corrected chi connectivity index (χ4v) is 4.78. The van der Waals surface area contributed by atoms with E-state index in [1.54, 1.807) is 27.8 Å². The number of hydrogen-bond acceptors (Lipinski definition) is 3. The first-order chi connectivity index (χ1) is 5.22. The minimum absolute atomic E-state index is 0.278. The summed E-state index contributed by atoms with van der Waals surface area (Å²) < 4.78 is 11.3. The molecule has 0 aromatic heterocycles. The van der Waals surface area contributed by atoms with Crippen molar-refractivity contribution in [2.24, 2.45) is 0 Å². The van der Waals surface area contributed by atoms with E-state index in [9.17, 15) is 4.21 Å². The van der Waals surface area contributed by atoms with Crippen LogP contribution in [0.2, 0.25) is 0 Å². The lowest BCUT2D eigenvalue weighted by Crippen LogP contribution is -2.05. The van der Waals surface area contributed by atoms with Crippen LogP contribution in [0.5, 0.6) is 0 Å². The minimum Gasteiger partial charge on any atom is -0.259 e. The van der Waals surface area contributed by atoms with Crippen molar-refractivity contribution < 1.29 is 4.21 Å². The molecule has 0 saturated carbocycles. The van der Waals surface area contributed by atoms with Crippen LogP contribution in [-0.4, -0.2) is 20.8 Å². The van der Waals surface area contributed by atoms with Gasteiger partial charge < -0.3 is 0 Å². The van der Waals surface area contributed by atoms with Crippen molar-refractivity contribution in [1.82, 2.24) is 0 Å². The highest BCUT2D eigenvalue weighted by Gasteiger charge is 2.09. The van der Waals surface area contributed by atoms with Crippen molar-refractivity contribution in [3.8, 4) is 0 Å². The Hall–Kier alpha value is 0.590. The molecule has 2 unspecified atom stereocenters. The predicted molar refractivity (Wildman–Crippen MR) is 58.4 cm³/mol. The Morgan fingerprint density at radius 1 is 1.73 bits per heavy atom. The molecule has 0 aromatic carbocycles. The summed E-state index contributed by atoms with van der Waals surface area (Å²) in [5, 5.41) is 0. The molecular formula is C7H14OS3. The van der Waals surface area contributed by atoms with Crippen LogP contribution in [0, 0.1) is 0 Å². The van der Waals surface area contributed by atoms with Gasteiger partial charge in [0.1, 0.15) is 0 Å². The first kappa shape index (κ1) is 11.6. The average molecular weight is 210 g/mol. The van der Waals surface area contributed by atoms with Crippen molar-refractivity contribution in [3.05, 3.63) is 12.7 Å². The summed E-state index contributed by atoms with van der Waals surface area (Å²) in [6, 6.07) is 0. The smallest absolute Gasteiger partial charge is 0.0899 e. The van der Waals surface area contributed by atoms with Gasteiger partial charge in [0.05, 0.1) is 4.58 Å². The van der Waals surface area contributed by atoms with Gasteiger partial charge in [0, 0.05) is 22.8 Å². The molecule has 0 N–H and O–H groups in total. The highest BCUT2D eigenvalue weighted by Crippen LogP contribution is 2.30. The lowest BCUT2D eigenvalue weighted by atomic mass is 10.6. The zero-order valence-corrected chi connectivity index (χ0v) is 9.36. The molecule has 0 bridgehead atoms. The van der Waals surface area contributed by atoms with Crippen LogP contribution in [0.3, 0.4) is 0 Å². The van der Waals surface area contributed by atoms with Crippen LogP contribution < -0.4 is 0 Å². The van der Waals surface area contributed by atoms with Crippen molar-refractivity contribution in [2.45, 2.75) is 17.9 Å². The van der Waals surface area contributed by atoms with Crippen LogP contribution in [0.25, 0.3) is 0 Å². The van der Waals surface area contributed by atoms with Crippen molar-refractivity contribution in [1.29, 1.82) is 0 Å². The fraction of sp³-hybridized carbons (Fsp3) is 0.714. The second-order valence-electron chi connectivity index (χ2n) is 2.01. The van der Waals surface area contributed by atoms with Crippen LogP contribution >= 0.6 is 21.6 Å². The zero-order valence-electron chi connectivity index (χ0n) is 6.91. The molecule has 0 aliphatic heterocycles. The van der Waals surface area contributed by atoms with E-state index >= 15 is 0 Å². The van der Waals surface area contributed by atoms with Crippen molar-refractivity contribution >= 4 is 32.4 Å². The highest BCUT2D eigenvalue weighted by atomic mass is 33.1. The van der Waals surface area contributed by atoms with Crippen LogP contribution in [0.1, 0.15) is 13.3 Å². The van der Waals surface area contributed by atoms with E-state index in [2.05, 4.69) is 13.5 Å². The van der Waals surface area contributed by atoms with Gasteiger partial charge in [-0.25, -0.2) is 0 Å². The molecule has 0 aliphatic rings. The van der Waals surface area contributed by atoms with E-state index in [1.807, 2.05) is 6.08 Å². The first-order valence-corrected chi connectivity index (χ1v) is 7.44. The third kappa shape index (κ3) is 5.82. The summed E-state index contributed by atoms with van der Waals surface area (Å²) in [5.74, 6) is 0.929. The molecular weight excluding hydrogens is 196 g/mol. The molecule has 0 aromatic rings. The molecule has 0 aliphatic carbocycles. The molecule has 2 atom stereocenters. The van der Waals surface area contributed by atoms with Crippen LogP contribution in [0.15, 0.2) is 12.7 Å². The summed E-state index contributed by atoms with van der Waals surface area (Å²) in [5.41, 5.74) is 0. The van der Waals surface area contributed by atoms with E-state index in [1.165, 1.54) is 0 Å². The molecule has 1 nitrogen and oxygen atoms in total. The largest absolute Gasteiger partial charge is 0.259 e. The predicted octanol–water partition coefficient (Wildman–Crippen LogP) is 2.67. The van der Waals surface area contributed by atoms with E-state index in [0.29, 0.717) is 0 Å². The topological polar surface area (TPSA) is 17.1 Å². The van der Waals surface area contributed by atoms with Crippen molar-refractivity contribution in [2.75, 3.05) is 12.0 Å². The Morgan fingerprint density at radius 3 is 2.73 bits per heavy atom. The molecule has 0 heterocycles. The number of rotatable bonds is 6. The van der Waals surface area contributed by atoms with Gasteiger partial charge in [0.15, 0.2) is 0 Å². The van der Waals surface area contributed by atoms with Gasteiger partial charge in [-0.2, -0.15) is 0 Å². The Morgan fingerprint density at radius 2 is 2.36 bits per heavy atom. The van der Waals surface area contributed by atoms with Gasteiger partial charge >= 0.3 is 0 Å². The fourth-order valence-electron chi connectivity index (χ4n) is 0.521. The SMILES string of the molecule is C=CCSSC(CC)S(C)=O. The van der Waals surface area contributed by atoms with Gasteiger partial charge in [-0.15, -0.1) is 6.58 Å². The quantitative estimate of drug-likeness (QED) is 0.381. The molecule has 0 saturated heterocycles. The maximum atomic E-state index is 11.0. The average Bonchev–Trinajstić information content (AvgIpc) is 1.97. The van der Waals surface area contributed by atoms with Gasteiger partial charge in [0.2, 0.25) is 0 Å². The molecule has 66 valence electrons. The third-order valence-electron chi connectivity index (χ3n) is 1.06. The standard InChI is InChI=1S/C7H14OS3/c1-4-6-9-10-7(5-2)11(3)8/h4,7H,1,5-6H2,2-3H3. The lowest BCUT2D eigenvalue weighted by Gasteiger charge is -2.08. The second-order valence-corrected chi connectivity index (χ2v) is 6.49. The summed E-state index contributed by atoms with van der Waals surface area (Å²) in [7, 11) is 2.72. The molecule has 0 amide bonds. The molecule has 0 radical (unpaired) electrons. The Balaban J connectivity index is 3.52. The Bertz CT molecular complexity index is 136. The minimum atomic E-state index is -0.699. The zero-order chi connectivity index (χ0) is 8.69. The molecule has 11 heavy (non-hydrogen) atoms. The molecule has 0 rings (SSSR count). The normalized spacial score (nSPS) is 15.8. The summed E-state index contributed by atoms with van der Waals surface area (Å²) in [6.45, 7) is 5.68. The maximum absolute atomic E-state index is 11.0. The summed E-state index contributed by atoms with van der Waals surface area (Å²) >= 11 is 0. The van der Waals surface area contributed by atoms with E-state index in [0.717, 1.165) is 12.2 Å². The van der Waals surface area contributed by atoms with Gasteiger partial charge in [-0.05, 0) is 6.42 Å². The summed E-state index contributed by atoms with van der Waals surface area (Å²) in [4.78, 5) is 0. The molecule has 0 fully saturated rings. The van der Waals surface area contributed by atoms with Crippen LogP contribution in [0.4, 0.5) is 0 Å².